The Kier molecular flexibility index (Phi) is 4.40. The number of rotatable bonds is 5. The molecule has 1 amide bonds. The van der Waals surface area contributed by atoms with Gasteiger partial charge in [-0.3, -0.25) is 9.69 Å². The van der Waals surface area contributed by atoms with Crippen LogP contribution in [0.2, 0.25) is 0 Å². The van der Waals surface area contributed by atoms with Crippen molar-refractivity contribution in [3.05, 3.63) is 60.2 Å². The zero-order valence-corrected chi connectivity index (χ0v) is 14.8. The highest BCUT2D eigenvalue weighted by Crippen LogP contribution is 2.58. The van der Waals surface area contributed by atoms with E-state index in [9.17, 15) is 13.6 Å². The van der Waals surface area contributed by atoms with Gasteiger partial charge >= 0.3 is 0 Å². The second-order valence-electron chi connectivity index (χ2n) is 6.78. The van der Waals surface area contributed by atoms with Gasteiger partial charge in [-0.15, -0.1) is 0 Å². The fourth-order valence-electron chi connectivity index (χ4n) is 4.34. The molecule has 2 nitrogen and oxygen atoms in total. The van der Waals surface area contributed by atoms with Gasteiger partial charge in [0.15, 0.2) is 0 Å². The highest BCUT2D eigenvalue weighted by Gasteiger charge is 2.62. The van der Waals surface area contributed by atoms with Crippen molar-refractivity contribution >= 4 is 17.3 Å². The van der Waals surface area contributed by atoms with Crippen LogP contribution < -0.4 is 4.90 Å². The van der Waals surface area contributed by atoms with Crippen molar-refractivity contribution in [3.63, 3.8) is 0 Å². The van der Waals surface area contributed by atoms with E-state index in [0.717, 1.165) is 0 Å². The quantitative estimate of drug-likeness (QED) is 0.682. The van der Waals surface area contributed by atoms with Crippen molar-refractivity contribution in [1.82, 2.24) is 0 Å². The van der Waals surface area contributed by atoms with Crippen LogP contribution in [-0.2, 0) is 10.2 Å². The van der Waals surface area contributed by atoms with E-state index >= 15 is 0 Å². The lowest BCUT2D eigenvalue weighted by Crippen LogP contribution is -2.53. The number of halogens is 2. The minimum Gasteiger partial charge on any atom is -0.280 e. The molecule has 1 aliphatic rings. The summed E-state index contributed by atoms with van der Waals surface area (Å²) in [6.45, 7) is 5.19. The van der Waals surface area contributed by atoms with Gasteiger partial charge in [0, 0.05) is 11.1 Å². The van der Waals surface area contributed by atoms with Crippen LogP contribution in [-0.4, -0.2) is 12.3 Å². The number of fused-ring (bicyclic) bond motifs is 1. The number of alkyl halides is 2. The summed E-state index contributed by atoms with van der Waals surface area (Å²) in [5, 5.41) is 0. The summed E-state index contributed by atoms with van der Waals surface area (Å²) in [5.41, 5.74) is -0.569. The number of benzene rings is 2. The number of carbonyl (C=O) groups excluding carboxylic acids is 1. The van der Waals surface area contributed by atoms with Gasteiger partial charge in [0.2, 0.25) is 12.3 Å². The van der Waals surface area contributed by atoms with Gasteiger partial charge in [-0.2, -0.15) is 0 Å². The molecule has 0 aromatic heterocycles. The summed E-state index contributed by atoms with van der Waals surface area (Å²) in [4.78, 5) is 15.1. The molecular formula is C21H23F2NO. The molecule has 132 valence electrons. The third-order valence-electron chi connectivity index (χ3n) is 6.00. The van der Waals surface area contributed by atoms with Gasteiger partial charge < -0.3 is 0 Å². The van der Waals surface area contributed by atoms with Gasteiger partial charge in [0.05, 0.1) is 11.1 Å². The molecule has 1 aliphatic heterocycles. The molecule has 0 fully saturated rings. The van der Waals surface area contributed by atoms with Crippen molar-refractivity contribution in [2.45, 2.75) is 45.5 Å². The lowest BCUT2D eigenvalue weighted by atomic mass is 9.58. The third-order valence-corrected chi connectivity index (χ3v) is 6.00. The molecule has 25 heavy (non-hydrogen) atoms. The van der Waals surface area contributed by atoms with Crippen LogP contribution in [0.4, 0.5) is 20.2 Å². The Morgan fingerprint density at radius 1 is 1.00 bits per heavy atom. The highest BCUT2D eigenvalue weighted by atomic mass is 19.3. The molecule has 1 atom stereocenters. The first-order valence-corrected chi connectivity index (χ1v) is 8.71. The van der Waals surface area contributed by atoms with E-state index in [1.165, 1.54) is 0 Å². The van der Waals surface area contributed by atoms with Crippen molar-refractivity contribution < 1.29 is 13.6 Å². The number of hydrogen-bond donors (Lipinski definition) is 0. The van der Waals surface area contributed by atoms with Crippen molar-refractivity contribution in [1.29, 1.82) is 0 Å². The lowest BCUT2D eigenvalue weighted by Gasteiger charge is -2.44. The van der Waals surface area contributed by atoms with Crippen LogP contribution in [0.3, 0.4) is 0 Å². The first kappa shape index (κ1) is 17.6. The Hall–Kier alpha value is -2.23. The van der Waals surface area contributed by atoms with E-state index in [2.05, 4.69) is 0 Å². The SMILES string of the molecule is CCC(CC)(C(F)F)C1(C)C(=O)N(c2ccccc2)c2ccccc21. The molecule has 0 bridgehead atoms. The Bertz CT molecular complexity index is 770. The summed E-state index contributed by atoms with van der Waals surface area (Å²) in [7, 11) is 0. The van der Waals surface area contributed by atoms with E-state index in [4.69, 9.17) is 0 Å². The fraction of sp³-hybridized carbons (Fsp3) is 0.381. The van der Waals surface area contributed by atoms with Gasteiger partial charge in [-0.25, -0.2) is 8.78 Å². The van der Waals surface area contributed by atoms with Crippen LogP contribution in [0.1, 0.15) is 39.2 Å². The molecule has 1 unspecified atom stereocenters. The summed E-state index contributed by atoms with van der Waals surface area (Å²) in [6, 6.07) is 16.6. The monoisotopic (exact) mass is 343 g/mol. The molecule has 3 rings (SSSR count). The van der Waals surface area contributed by atoms with Crippen molar-refractivity contribution in [3.8, 4) is 0 Å². The molecule has 2 aromatic carbocycles. The zero-order chi connectivity index (χ0) is 18.2. The smallest absolute Gasteiger partial charge is 0.245 e. The zero-order valence-electron chi connectivity index (χ0n) is 14.8. The van der Waals surface area contributed by atoms with E-state index in [-0.39, 0.29) is 18.7 Å². The number of para-hydroxylation sites is 2. The average molecular weight is 343 g/mol. The number of anilines is 2. The lowest BCUT2D eigenvalue weighted by molar-refractivity contribution is -0.136. The van der Waals surface area contributed by atoms with Crippen LogP contribution >= 0.6 is 0 Å². The second-order valence-corrected chi connectivity index (χ2v) is 6.78. The Labute approximate surface area is 147 Å². The maximum absolute atomic E-state index is 14.3. The number of carbonyl (C=O) groups is 1. The van der Waals surface area contributed by atoms with E-state index in [1.54, 1.807) is 25.7 Å². The van der Waals surface area contributed by atoms with Gasteiger partial charge in [0.1, 0.15) is 0 Å². The summed E-state index contributed by atoms with van der Waals surface area (Å²) < 4.78 is 28.6. The molecular weight excluding hydrogens is 320 g/mol. The van der Waals surface area contributed by atoms with E-state index < -0.39 is 17.3 Å². The predicted molar refractivity (Wildman–Crippen MR) is 96.4 cm³/mol. The Morgan fingerprint density at radius 2 is 1.56 bits per heavy atom. The van der Waals surface area contributed by atoms with Crippen molar-refractivity contribution in [2.75, 3.05) is 4.90 Å². The van der Waals surface area contributed by atoms with E-state index in [1.807, 2.05) is 54.6 Å². The maximum atomic E-state index is 14.3. The molecule has 0 saturated carbocycles. The molecule has 0 N–H and O–H groups in total. The molecule has 0 spiro atoms. The van der Waals surface area contributed by atoms with Crippen LogP contribution in [0.5, 0.6) is 0 Å². The second kappa shape index (κ2) is 6.25. The topological polar surface area (TPSA) is 20.3 Å². The standard InChI is InChI=1S/C21H23F2NO/c1-4-21(5-2,18(22)23)20(3)16-13-9-10-14-17(16)24(19(20)25)15-11-7-6-8-12-15/h6-14,18H,4-5H2,1-3H3. The summed E-state index contributed by atoms with van der Waals surface area (Å²) in [5.74, 6) is -0.274. The van der Waals surface area contributed by atoms with Gasteiger partial charge in [-0.1, -0.05) is 50.2 Å². The van der Waals surface area contributed by atoms with Gasteiger partial charge in [-0.05, 0) is 43.5 Å². The molecule has 2 aromatic rings. The third kappa shape index (κ3) is 2.23. The molecule has 4 heteroatoms. The first-order chi connectivity index (χ1) is 11.9. The number of amides is 1. The highest BCUT2D eigenvalue weighted by molar-refractivity contribution is 6.13. The predicted octanol–water partition coefficient (Wildman–Crippen LogP) is 5.69. The molecule has 0 radical (unpaired) electrons. The molecule has 0 aliphatic carbocycles. The summed E-state index contributed by atoms with van der Waals surface area (Å²) >= 11 is 0. The normalized spacial score (nSPS) is 20.2. The Morgan fingerprint density at radius 3 is 2.12 bits per heavy atom. The maximum Gasteiger partial charge on any atom is 0.245 e. The van der Waals surface area contributed by atoms with Crippen LogP contribution in [0, 0.1) is 5.41 Å². The van der Waals surface area contributed by atoms with Crippen LogP contribution in [0.25, 0.3) is 0 Å². The number of nitrogens with zero attached hydrogens (tertiary/aromatic N) is 1. The minimum atomic E-state index is -2.58. The molecule has 0 saturated heterocycles. The summed E-state index contributed by atoms with van der Waals surface area (Å²) in [6.07, 6.45) is -2.11. The van der Waals surface area contributed by atoms with Crippen LogP contribution in [0.15, 0.2) is 54.6 Å². The van der Waals surface area contributed by atoms with Gasteiger partial charge in [0.25, 0.3) is 0 Å². The first-order valence-electron chi connectivity index (χ1n) is 8.71. The fourth-order valence-corrected chi connectivity index (χ4v) is 4.34. The Balaban J connectivity index is 2.28. The molecule has 1 heterocycles. The number of hydrogen-bond acceptors (Lipinski definition) is 1. The van der Waals surface area contributed by atoms with Crippen molar-refractivity contribution in [2.24, 2.45) is 5.41 Å². The minimum absolute atomic E-state index is 0.236. The van der Waals surface area contributed by atoms with E-state index in [0.29, 0.717) is 16.9 Å². The largest absolute Gasteiger partial charge is 0.280 e. The average Bonchev–Trinajstić information content (AvgIpc) is 2.86.